The summed E-state index contributed by atoms with van der Waals surface area (Å²) in [5.74, 6) is -0.239. The molecule has 0 aromatic heterocycles. The number of aliphatic hydroxyl groups excluding tert-OH is 8. The number of rotatable bonds is 42. The molecule has 2 heterocycles. The zero-order valence-electron chi connectivity index (χ0n) is 41.5. The van der Waals surface area contributed by atoms with Gasteiger partial charge in [0.15, 0.2) is 12.6 Å². The van der Waals surface area contributed by atoms with Gasteiger partial charge in [-0.25, -0.2) is 0 Å². The van der Waals surface area contributed by atoms with Crippen LogP contribution in [-0.2, 0) is 23.7 Å². The molecule has 0 aliphatic carbocycles. The van der Waals surface area contributed by atoms with Crippen molar-refractivity contribution in [3.63, 3.8) is 0 Å². The number of hydrogen-bond acceptors (Lipinski definition) is 13. The minimum absolute atomic E-state index is 0.239. The molecule has 0 bridgehead atoms. The first-order valence-corrected chi connectivity index (χ1v) is 26.9. The van der Waals surface area contributed by atoms with E-state index in [-0.39, 0.29) is 18.9 Å². The summed E-state index contributed by atoms with van der Waals surface area (Å²) in [6.07, 6.45) is 25.4. The third-order valence-corrected chi connectivity index (χ3v) is 13.5. The number of aliphatic hydroxyl groups is 8. The van der Waals surface area contributed by atoms with E-state index in [1.165, 1.54) is 154 Å². The normalized spacial score (nSPS) is 26.8. The van der Waals surface area contributed by atoms with E-state index >= 15 is 0 Å². The van der Waals surface area contributed by atoms with E-state index in [0.717, 1.165) is 38.5 Å². The number of carbonyl (C=O) groups is 1. The van der Waals surface area contributed by atoms with E-state index in [0.29, 0.717) is 6.42 Å². The molecule has 9 N–H and O–H groups in total. The van der Waals surface area contributed by atoms with Gasteiger partial charge in [0, 0.05) is 6.42 Å². The summed E-state index contributed by atoms with van der Waals surface area (Å²) in [4.78, 5) is 13.1. The van der Waals surface area contributed by atoms with Crippen LogP contribution < -0.4 is 5.32 Å². The van der Waals surface area contributed by atoms with Gasteiger partial charge in [-0.15, -0.1) is 0 Å². The molecule has 14 heteroatoms. The highest BCUT2D eigenvalue weighted by Crippen LogP contribution is 2.30. The number of allylic oxidation sites excluding steroid dienone is 1. The lowest BCUT2D eigenvalue weighted by atomic mass is 9.97. The highest BCUT2D eigenvalue weighted by atomic mass is 16.7. The quantitative estimate of drug-likeness (QED) is 0.0213. The molecule has 390 valence electrons. The maximum absolute atomic E-state index is 13.1. The van der Waals surface area contributed by atoms with Gasteiger partial charge in [-0.05, 0) is 19.3 Å². The average Bonchev–Trinajstić information content (AvgIpc) is 3.31. The molecule has 0 saturated carbocycles. The van der Waals surface area contributed by atoms with Crippen molar-refractivity contribution in [2.75, 3.05) is 19.8 Å². The third kappa shape index (κ3) is 26.1. The predicted molar refractivity (Wildman–Crippen MR) is 259 cm³/mol. The molecule has 0 radical (unpaired) electrons. The maximum Gasteiger partial charge on any atom is 0.220 e. The van der Waals surface area contributed by atoms with E-state index in [2.05, 4.69) is 19.2 Å². The van der Waals surface area contributed by atoms with E-state index in [9.17, 15) is 45.6 Å². The van der Waals surface area contributed by atoms with Crippen LogP contribution in [0.15, 0.2) is 12.2 Å². The van der Waals surface area contributed by atoms with Crippen LogP contribution in [-0.4, -0.2) is 140 Å². The van der Waals surface area contributed by atoms with E-state index in [1.54, 1.807) is 6.08 Å². The number of amides is 1. The van der Waals surface area contributed by atoms with Crippen LogP contribution in [0.4, 0.5) is 0 Å². The first-order chi connectivity index (χ1) is 32.1. The summed E-state index contributed by atoms with van der Waals surface area (Å²) in [6, 6.07) is -0.907. The Hall–Kier alpha value is -1.27. The van der Waals surface area contributed by atoms with Gasteiger partial charge < -0.3 is 65.1 Å². The van der Waals surface area contributed by atoms with Crippen LogP contribution in [0.5, 0.6) is 0 Å². The van der Waals surface area contributed by atoms with Crippen molar-refractivity contribution in [3.05, 3.63) is 12.2 Å². The Morgan fingerprint density at radius 3 is 1.39 bits per heavy atom. The molecule has 1 amide bonds. The first kappa shape index (κ1) is 60.9. The van der Waals surface area contributed by atoms with Crippen LogP contribution >= 0.6 is 0 Å². The summed E-state index contributed by atoms with van der Waals surface area (Å²) in [5, 5.41) is 86.8. The fraction of sp³-hybridized carbons (Fsp3) is 0.942. The lowest BCUT2D eigenvalue weighted by molar-refractivity contribution is -0.359. The summed E-state index contributed by atoms with van der Waals surface area (Å²) in [7, 11) is 0. The molecule has 0 aromatic rings. The number of unbranched alkanes of at least 4 members (excludes halogenated alkanes) is 29. The maximum atomic E-state index is 13.1. The fourth-order valence-corrected chi connectivity index (χ4v) is 9.06. The lowest BCUT2D eigenvalue weighted by Crippen LogP contribution is -2.65. The third-order valence-electron chi connectivity index (χ3n) is 13.5. The van der Waals surface area contributed by atoms with Crippen molar-refractivity contribution in [2.24, 2.45) is 0 Å². The van der Waals surface area contributed by atoms with Gasteiger partial charge >= 0.3 is 0 Å². The van der Waals surface area contributed by atoms with Gasteiger partial charge in [-0.2, -0.15) is 0 Å². The summed E-state index contributed by atoms with van der Waals surface area (Å²) < 4.78 is 22.7. The zero-order valence-corrected chi connectivity index (χ0v) is 41.5. The molecule has 0 aromatic carbocycles. The summed E-state index contributed by atoms with van der Waals surface area (Å²) in [5.41, 5.74) is 0. The molecule has 12 unspecified atom stereocenters. The van der Waals surface area contributed by atoms with Crippen molar-refractivity contribution in [3.8, 4) is 0 Å². The monoisotopic (exact) mass is 946 g/mol. The van der Waals surface area contributed by atoms with Crippen molar-refractivity contribution in [1.82, 2.24) is 5.32 Å². The molecule has 12 atom stereocenters. The van der Waals surface area contributed by atoms with Crippen LogP contribution in [0.3, 0.4) is 0 Å². The second kappa shape index (κ2) is 39.5. The Balaban J connectivity index is 1.79. The van der Waals surface area contributed by atoms with Gasteiger partial charge in [0.1, 0.15) is 48.8 Å². The topological polar surface area (TPSA) is 228 Å². The van der Waals surface area contributed by atoms with E-state index in [4.69, 9.17) is 18.9 Å². The Morgan fingerprint density at radius 1 is 0.530 bits per heavy atom. The highest BCUT2D eigenvalue weighted by molar-refractivity contribution is 5.76. The molecular formula is C52H99NO13. The Bertz CT molecular complexity index is 1160. The van der Waals surface area contributed by atoms with Crippen molar-refractivity contribution in [1.29, 1.82) is 0 Å². The van der Waals surface area contributed by atoms with Crippen LogP contribution in [0.1, 0.15) is 219 Å². The van der Waals surface area contributed by atoms with E-state index < -0.39 is 86.8 Å². The number of hydrogen-bond donors (Lipinski definition) is 9. The van der Waals surface area contributed by atoms with Gasteiger partial charge in [0.2, 0.25) is 5.91 Å². The van der Waals surface area contributed by atoms with E-state index in [1.807, 2.05) is 6.08 Å². The molecule has 2 rings (SSSR count). The standard InChI is InChI=1S/C52H99NO13/c1-3-5-7-9-11-13-15-16-17-18-19-20-21-22-23-24-26-27-29-31-33-35-41(56)40(53-44(57)36-34-32-30-28-25-14-12-10-8-6-4-2)39-63-51-49(62)47(60)50(43(38-55)65-51)66-52-48(61)46(59)45(58)42(37-54)64-52/h33,35,40-43,45-52,54-56,58-62H,3-32,34,36-39H2,1-2H3,(H,53,57)/b35-33+. The average molecular weight is 946 g/mol. The molecule has 2 fully saturated rings. The lowest BCUT2D eigenvalue weighted by Gasteiger charge is -2.46. The summed E-state index contributed by atoms with van der Waals surface area (Å²) in [6.45, 7) is 2.79. The van der Waals surface area contributed by atoms with Crippen molar-refractivity contribution in [2.45, 2.75) is 293 Å². The molecule has 14 nitrogen and oxygen atoms in total. The van der Waals surface area contributed by atoms with Crippen LogP contribution in [0.2, 0.25) is 0 Å². The molecular weight excluding hydrogens is 847 g/mol. The van der Waals surface area contributed by atoms with Crippen molar-refractivity contribution >= 4 is 5.91 Å². The smallest absolute Gasteiger partial charge is 0.220 e. The largest absolute Gasteiger partial charge is 0.394 e. The van der Waals surface area contributed by atoms with Crippen LogP contribution in [0, 0.1) is 0 Å². The molecule has 2 aliphatic heterocycles. The van der Waals surface area contributed by atoms with Gasteiger partial charge in [0.25, 0.3) is 0 Å². The SMILES string of the molecule is CCCCCCCCCCCCCCCCCCCCC/C=C/C(O)C(COC1OC(CO)C(OC2OC(CO)C(O)C(O)C2O)C(O)C1O)NC(=O)CCCCCCCCCCCCC. The number of carbonyl (C=O) groups excluding carboxylic acids is 1. The van der Waals surface area contributed by atoms with Crippen molar-refractivity contribution < 1.29 is 64.6 Å². The Labute approximate surface area is 399 Å². The highest BCUT2D eigenvalue weighted by Gasteiger charge is 2.51. The second-order valence-electron chi connectivity index (χ2n) is 19.4. The Morgan fingerprint density at radius 2 is 0.939 bits per heavy atom. The minimum atomic E-state index is -1.78. The van der Waals surface area contributed by atoms with Crippen LogP contribution in [0.25, 0.3) is 0 Å². The second-order valence-corrected chi connectivity index (χ2v) is 19.4. The molecule has 2 saturated heterocycles. The van der Waals surface area contributed by atoms with Gasteiger partial charge in [0.05, 0.1) is 32.0 Å². The first-order valence-electron chi connectivity index (χ1n) is 26.9. The molecule has 66 heavy (non-hydrogen) atoms. The zero-order chi connectivity index (χ0) is 48.2. The van der Waals surface area contributed by atoms with Gasteiger partial charge in [-0.3, -0.25) is 4.79 Å². The molecule has 2 aliphatic rings. The minimum Gasteiger partial charge on any atom is -0.394 e. The van der Waals surface area contributed by atoms with Gasteiger partial charge in [-0.1, -0.05) is 206 Å². The predicted octanol–water partition coefficient (Wildman–Crippen LogP) is 7.55. The summed E-state index contributed by atoms with van der Waals surface area (Å²) >= 11 is 0. The Kier molecular flexibility index (Phi) is 36.4. The molecule has 0 spiro atoms. The number of nitrogens with one attached hydrogen (secondary N) is 1. The fourth-order valence-electron chi connectivity index (χ4n) is 9.06. The number of ether oxygens (including phenoxy) is 4.